The van der Waals surface area contributed by atoms with Crippen LogP contribution in [-0.2, 0) is 4.79 Å². The van der Waals surface area contributed by atoms with Gasteiger partial charge in [-0.2, -0.15) is 0 Å². The molecule has 0 saturated carbocycles. The third kappa shape index (κ3) is 3.68. The molecule has 1 unspecified atom stereocenters. The Bertz CT molecular complexity index is 603. The molecule has 5 nitrogen and oxygen atoms in total. The summed E-state index contributed by atoms with van der Waals surface area (Å²) in [5.41, 5.74) is 1.85. The lowest BCUT2D eigenvalue weighted by Crippen LogP contribution is -2.28. The van der Waals surface area contributed by atoms with E-state index in [2.05, 4.69) is 26.3 Å². The third-order valence-electron chi connectivity index (χ3n) is 3.96. The zero-order valence-electron chi connectivity index (χ0n) is 12.5. The number of pyridine rings is 2. The Morgan fingerprint density at radius 3 is 3.00 bits per heavy atom. The second kappa shape index (κ2) is 7.13. The molecule has 1 N–H and O–H groups in total. The van der Waals surface area contributed by atoms with E-state index >= 15 is 0 Å². The molecule has 5 heteroatoms. The first kappa shape index (κ1) is 14.7. The zero-order valence-corrected chi connectivity index (χ0v) is 12.5. The van der Waals surface area contributed by atoms with Gasteiger partial charge in [0.25, 0.3) is 0 Å². The Morgan fingerprint density at radius 1 is 1.27 bits per heavy atom. The number of carbonyl (C=O) groups is 1. The number of aromatic nitrogens is 2. The molecule has 0 aliphatic carbocycles. The van der Waals surface area contributed by atoms with Crippen LogP contribution in [0, 0.1) is 0 Å². The molecular weight excluding hydrogens is 276 g/mol. The molecule has 1 aliphatic rings. The smallest absolute Gasteiger partial charge is 0.225 e. The average molecular weight is 296 g/mol. The van der Waals surface area contributed by atoms with Crippen molar-refractivity contribution in [2.45, 2.75) is 25.3 Å². The quantitative estimate of drug-likeness (QED) is 0.921. The summed E-state index contributed by atoms with van der Waals surface area (Å²) in [7, 11) is 0. The molecule has 3 rings (SSSR count). The Balaban J connectivity index is 1.53. The van der Waals surface area contributed by atoms with Crippen molar-refractivity contribution in [1.29, 1.82) is 0 Å². The SMILES string of the molecule is O=C(CCN1CCCC1c1ccccn1)Nc1cccnc1. The summed E-state index contributed by atoms with van der Waals surface area (Å²) in [4.78, 5) is 22.8. The van der Waals surface area contributed by atoms with Gasteiger partial charge in [0.1, 0.15) is 0 Å². The average Bonchev–Trinajstić information content (AvgIpc) is 3.03. The number of hydrogen-bond donors (Lipinski definition) is 1. The van der Waals surface area contributed by atoms with Gasteiger partial charge in [-0.05, 0) is 43.7 Å². The standard InChI is InChI=1S/C17H20N4O/c22-17(20-14-5-3-9-18-13-14)8-12-21-11-4-7-16(21)15-6-1-2-10-19-15/h1-3,5-6,9-10,13,16H,4,7-8,11-12H2,(H,20,22). The first-order valence-corrected chi connectivity index (χ1v) is 7.68. The minimum absolute atomic E-state index is 0.0275. The van der Waals surface area contributed by atoms with Crippen LogP contribution in [0.25, 0.3) is 0 Å². The number of rotatable bonds is 5. The first-order chi connectivity index (χ1) is 10.8. The maximum absolute atomic E-state index is 12.0. The van der Waals surface area contributed by atoms with Gasteiger partial charge in [0.2, 0.25) is 5.91 Å². The molecule has 114 valence electrons. The molecule has 1 amide bonds. The monoisotopic (exact) mass is 296 g/mol. The number of nitrogens with zero attached hydrogens (tertiary/aromatic N) is 3. The molecule has 2 aromatic rings. The van der Waals surface area contributed by atoms with E-state index in [4.69, 9.17) is 0 Å². The fourth-order valence-corrected chi connectivity index (χ4v) is 2.91. The van der Waals surface area contributed by atoms with Crippen LogP contribution in [0.5, 0.6) is 0 Å². The molecule has 1 saturated heterocycles. The molecule has 0 spiro atoms. The lowest BCUT2D eigenvalue weighted by atomic mass is 10.1. The van der Waals surface area contributed by atoms with Crippen molar-refractivity contribution in [3.63, 3.8) is 0 Å². The van der Waals surface area contributed by atoms with Gasteiger partial charge in [-0.3, -0.25) is 19.7 Å². The second-order valence-corrected chi connectivity index (χ2v) is 5.49. The van der Waals surface area contributed by atoms with E-state index in [9.17, 15) is 4.79 Å². The minimum atomic E-state index is 0.0275. The number of hydrogen-bond acceptors (Lipinski definition) is 4. The van der Waals surface area contributed by atoms with Crippen LogP contribution in [0.1, 0.15) is 31.0 Å². The highest BCUT2D eigenvalue weighted by molar-refractivity contribution is 5.90. The highest BCUT2D eigenvalue weighted by Crippen LogP contribution is 2.30. The Hall–Kier alpha value is -2.27. The van der Waals surface area contributed by atoms with E-state index in [0.717, 1.165) is 37.3 Å². The Kier molecular flexibility index (Phi) is 4.75. The van der Waals surface area contributed by atoms with Gasteiger partial charge < -0.3 is 5.32 Å². The molecular formula is C17H20N4O. The molecule has 1 fully saturated rings. The zero-order chi connectivity index (χ0) is 15.2. The predicted molar refractivity (Wildman–Crippen MR) is 85.3 cm³/mol. The van der Waals surface area contributed by atoms with Gasteiger partial charge in [-0.25, -0.2) is 0 Å². The maximum atomic E-state index is 12.0. The van der Waals surface area contributed by atoms with Crippen molar-refractivity contribution in [2.24, 2.45) is 0 Å². The van der Waals surface area contributed by atoms with Crippen molar-refractivity contribution in [3.8, 4) is 0 Å². The molecule has 1 aliphatic heterocycles. The van der Waals surface area contributed by atoms with Crippen LogP contribution in [0.4, 0.5) is 5.69 Å². The highest BCUT2D eigenvalue weighted by atomic mass is 16.1. The molecule has 3 heterocycles. The summed E-state index contributed by atoms with van der Waals surface area (Å²) in [5, 5.41) is 2.88. The van der Waals surface area contributed by atoms with Crippen LogP contribution >= 0.6 is 0 Å². The Morgan fingerprint density at radius 2 is 2.23 bits per heavy atom. The summed E-state index contributed by atoms with van der Waals surface area (Å²) in [6.07, 6.45) is 7.94. The number of likely N-dealkylation sites (tertiary alicyclic amines) is 1. The topological polar surface area (TPSA) is 58.1 Å². The van der Waals surface area contributed by atoms with E-state index < -0.39 is 0 Å². The van der Waals surface area contributed by atoms with Crippen LogP contribution < -0.4 is 5.32 Å². The normalized spacial score (nSPS) is 18.3. The summed E-state index contributed by atoms with van der Waals surface area (Å²) in [6.45, 7) is 1.79. The largest absolute Gasteiger partial charge is 0.325 e. The van der Waals surface area contributed by atoms with E-state index in [1.54, 1.807) is 12.4 Å². The van der Waals surface area contributed by atoms with E-state index in [-0.39, 0.29) is 5.91 Å². The lowest BCUT2D eigenvalue weighted by Gasteiger charge is -2.23. The number of nitrogens with one attached hydrogen (secondary N) is 1. The molecule has 2 aromatic heterocycles. The third-order valence-corrected chi connectivity index (χ3v) is 3.96. The second-order valence-electron chi connectivity index (χ2n) is 5.49. The first-order valence-electron chi connectivity index (χ1n) is 7.68. The summed E-state index contributed by atoms with van der Waals surface area (Å²) in [5.74, 6) is 0.0275. The lowest BCUT2D eigenvalue weighted by molar-refractivity contribution is -0.116. The predicted octanol–water partition coefficient (Wildman–Crippen LogP) is 2.64. The summed E-state index contributed by atoms with van der Waals surface area (Å²) >= 11 is 0. The van der Waals surface area contributed by atoms with E-state index in [1.807, 2.05) is 30.5 Å². The van der Waals surface area contributed by atoms with Gasteiger partial charge >= 0.3 is 0 Å². The number of carbonyl (C=O) groups excluding carboxylic acids is 1. The van der Waals surface area contributed by atoms with Crippen LogP contribution in [0.3, 0.4) is 0 Å². The van der Waals surface area contributed by atoms with Crippen LogP contribution in [0.2, 0.25) is 0 Å². The van der Waals surface area contributed by atoms with Crippen LogP contribution in [0.15, 0.2) is 48.9 Å². The molecule has 22 heavy (non-hydrogen) atoms. The fraction of sp³-hybridized carbons (Fsp3) is 0.353. The summed E-state index contributed by atoms with van der Waals surface area (Å²) in [6, 6.07) is 10.0. The molecule has 0 bridgehead atoms. The van der Waals surface area contributed by atoms with E-state index in [1.165, 1.54) is 0 Å². The summed E-state index contributed by atoms with van der Waals surface area (Å²) < 4.78 is 0. The van der Waals surface area contributed by atoms with Crippen molar-refractivity contribution >= 4 is 11.6 Å². The van der Waals surface area contributed by atoms with Crippen molar-refractivity contribution in [3.05, 3.63) is 54.6 Å². The van der Waals surface area contributed by atoms with Gasteiger partial charge in [0.15, 0.2) is 0 Å². The fourth-order valence-electron chi connectivity index (χ4n) is 2.91. The number of anilines is 1. The van der Waals surface area contributed by atoms with Gasteiger partial charge in [0.05, 0.1) is 23.6 Å². The molecule has 0 aromatic carbocycles. The van der Waals surface area contributed by atoms with E-state index in [0.29, 0.717) is 12.5 Å². The van der Waals surface area contributed by atoms with Crippen LogP contribution in [-0.4, -0.2) is 33.9 Å². The van der Waals surface area contributed by atoms with Gasteiger partial charge in [-0.1, -0.05) is 6.07 Å². The minimum Gasteiger partial charge on any atom is -0.325 e. The van der Waals surface area contributed by atoms with Crippen molar-refractivity contribution < 1.29 is 4.79 Å². The molecule has 0 radical (unpaired) electrons. The van der Waals surface area contributed by atoms with Gasteiger partial charge in [-0.15, -0.1) is 0 Å². The highest BCUT2D eigenvalue weighted by Gasteiger charge is 2.26. The number of amides is 1. The molecule has 1 atom stereocenters. The Labute approximate surface area is 130 Å². The maximum Gasteiger partial charge on any atom is 0.225 e. The van der Waals surface area contributed by atoms with Crippen molar-refractivity contribution in [1.82, 2.24) is 14.9 Å². The van der Waals surface area contributed by atoms with Gasteiger partial charge in [0, 0.05) is 25.4 Å². The van der Waals surface area contributed by atoms with Crippen molar-refractivity contribution in [2.75, 3.05) is 18.4 Å².